The van der Waals surface area contributed by atoms with Crippen LogP contribution < -0.4 is 10.1 Å². The third-order valence-electron chi connectivity index (χ3n) is 3.45. The SMILES string of the molecule is COc1nc(C)cc(C)c1CNC(=O)c1cnn(C(C)C)c1. The molecule has 0 atom stereocenters. The number of methoxy groups -OCH3 is 1. The first-order chi connectivity index (χ1) is 10.4. The summed E-state index contributed by atoms with van der Waals surface area (Å²) in [7, 11) is 1.58. The van der Waals surface area contributed by atoms with E-state index in [1.54, 1.807) is 24.2 Å². The Morgan fingerprint density at radius 1 is 1.41 bits per heavy atom. The maximum absolute atomic E-state index is 12.2. The van der Waals surface area contributed by atoms with Crippen molar-refractivity contribution in [3.63, 3.8) is 0 Å². The maximum Gasteiger partial charge on any atom is 0.254 e. The number of aryl methyl sites for hydroxylation is 2. The number of hydrogen-bond donors (Lipinski definition) is 1. The number of rotatable bonds is 5. The van der Waals surface area contributed by atoms with Gasteiger partial charge in [-0.2, -0.15) is 5.10 Å². The van der Waals surface area contributed by atoms with Gasteiger partial charge in [0.15, 0.2) is 0 Å². The fourth-order valence-electron chi connectivity index (χ4n) is 2.22. The van der Waals surface area contributed by atoms with Crippen LogP contribution in [-0.4, -0.2) is 27.8 Å². The fourth-order valence-corrected chi connectivity index (χ4v) is 2.22. The molecule has 6 nitrogen and oxygen atoms in total. The van der Waals surface area contributed by atoms with Crippen molar-refractivity contribution in [2.45, 2.75) is 40.3 Å². The van der Waals surface area contributed by atoms with Gasteiger partial charge in [-0.3, -0.25) is 9.48 Å². The van der Waals surface area contributed by atoms with Crippen LogP contribution in [0.3, 0.4) is 0 Å². The van der Waals surface area contributed by atoms with Crippen LogP contribution in [0.25, 0.3) is 0 Å². The molecule has 2 heterocycles. The lowest BCUT2D eigenvalue weighted by molar-refractivity contribution is 0.0950. The topological polar surface area (TPSA) is 69.0 Å². The van der Waals surface area contributed by atoms with E-state index in [0.29, 0.717) is 18.0 Å². The van der Waals surface area contributed by atoms with E-state index in [9.17, 15) is 4.79 Å². The molecule has 0 unspecified atom stereocenters. The molecule has 0 spiro atoms. The van der Waals surface area contributed by atoms with Crippen molar-refractivity contribution in [1.29, 1.82) is 0 Å². The first-order valence-corrected chi connectivity index (χ1v) is 7.25. The first kappa shape index (κ1) is 16.0. The minimum absolute atomic E-state index is 0.158. The lowest BCUT2D eigenvalue weighted by atomic mass is 10.1. The van der Waals surface area contributed by atoms with Crippen LogP contribution in [0, 0.1) is 13.8 Å². The van der Waals surface area contributed by atoms with E-state index >= 15 is 0 Å². The summed E-state index contributed by atoms with van der Waals surface area (Å²) < 4.78 is 7.06. The molecule has 0 saturated carbocycles. The summed E-state index contributed by atoms with van der Waals surface area (Å²) in [5.41, 5.74) is 3.37. The van der Waals surface area contributed by atoms with Gasteiger partial charge in [0.05, 0.1) is 18.9 Å². The molecule has 0 fully saturated rings. The van der Waals surface area contributed by atoms with Crippen molar-refractivity contribution >= 4 is 5.91 Å². The van der Waals surface area contributed by atoms with E-state index < -0.39 is 0 Å². The van der Waals surface area contributed by atoms with Crippen molar-refractivity contribution in [2.24, 2.45) is 0 Å². The van der Waals surface area contributed by atoms with Gasteiger partial charge in [-0.05, 0) is 39.3 Å². The number of carbonyl (C=O) groups is 1. The van der Waals surface area contributed by atoms with E-state index in [2.05, 4.69) is 15.4 Å². The molecule has 22 heavy (non-hydrogen) atoms. The van der Waals surface area contributed by atoms with Gasteiger partial charge in [0.1, 0.15) is 0 Å². The molecule has 0 aromatic carbocycles. The van der Waals surface area contributed by atoms with E-state index in [1.165, 1.54) is 0 Å². The Hall–Kier alpha value is -2.37. The van der Waals surface area contributed by atoms with Gasteiger partial charge in [-0.1, -0.05) is 0 Å². The van der Waals surface area contributed by atoms with Gasteiger partial charge in [0.25, 0.3) is 5.91 Å². The minimum Gasteiger partial charge on any atom is -0.481 e. The zero-order chi connectivity index (χ0) is 16.3. The van der Waals surface area contributed by atoms with Crippen molar-refractivity contribution in [3.8, 4) is 5.88 Å². The predicted octanol–water partition coefficient (Wildman–Crippen LogP) is 2.41. The number of carbonyl (C=O) groups excluding carboxylic acids is 1. The number of nitrogens with one attached hydrogen (secondary N) is 1. The Labute approximate surface area is 130 Å². The highest BCUT2D eigenvalue weighted by molar-refractivity contribution is 5.93. The van der Waals surface area contributed by atoms with Crippen LogP contribution >= 0.6 is 0 Å². The van der Waals surface area contributed by atoms with Crippen LogP contribution in [0.15, 0.2) is 18.5 Å². The molecular formula is C16H22N4O2. The van der Waals surface area contributed by atoms with Crippen molar-refractivity contribution < 1.29 is 9.53 Å². The summed E-state index contributed by atoms with van der Waals surface area (Å²) in [6, 6.07) is 2.20. The van der Waals surface area contributed by atoms with E-state index in [-0.39, 0.29) is 11.9 Å². The Morgan fingerprint density at radius 2 is 2.14 bits per heavy atom. The molecule has 0 radical (unpaired) electrons. The highest BCUT2D eigenvalue weighted by Gasteiger charge is 2.13. The summed E-state index contributed by atoms with van der Waals surface area (Å²) in [5, 5.41) is 7.06. The summed E-state index contributed by atoms with van der Waals surface area (Å²) in [5.74, 6) is 0.393. The van der Waals surface area contributed by atoms with Gasteiger partial charge in [-0.25, -0.2) is 4.98 Å². The highest BCUT2D eigenvalue weighted by Crippen LogP contribution is 2.20. The zero-order valence-corrected chi connectivity index (χ0v) is 13.7. The highest BCUT2D eigenvalue weighted by atomic mass is 16.5. The smallest absolute Gasteiger partial charge is 0.254 e. The second kappa shape index (κ2) is 6.60. The third kappa shape index (κ3) is 3.44. The Kier molecular flexibility index (Phi) is 4.80. The molecule has 0 aliphatic carbocycles. The molecule has 0 aliphatic heterocycles. The summed E-state index contributed by atoms with van der Waals surface area (Å²) in [6.07, 6.45) is 3.32. The zero-order valence-electron chi connectivity index (χ0n) is 13.7. The predicted molar refractivity (Wildman–Crippen MR) is 84.0 cm³/mol. The largest absolute Gasteiger partial charge is 0.481 e. The molecule has 0 saturated heterocycles. The number of amides is 1. The van der Waals surface area contributed by atoms with Crippen LogP contribution in [0.4, 0.5) is 0 Å². The number of nitrogens with zero attached hydrogens (tertiary/aromatic N) is 3. The number of aromatic nitrogens is 3. The van der Waals surface area contributed by atoms with Gasteiger partial charge in [-0.15, -0.1) is 0 Å². The lowest BCUT2D eigenvalue weighted by Crippen LogP contribution is -2.23. The molecular weight excluding hydrogens is 280 g/mol. The minimum atomic E-state index is -0.158. The molecule has 6 heteroatoms. The monoisotopic (exact) mass is 302 g/mol. The van der Waals surface area contributed by atoms with Crippen LogP contribution in [0.2, 0.25) is 0 Å². The van der Waals surface area contributed by atoms with Gasteiger partial charge < -0.3 is 10.1 Å². The second-order valence-electron chi connectivity index (χ2n) is 5.55. The molecule has 1 N–H and O–H groups in total. The Bertz CT molecular complexity index is 677. The van der Waals surface area contributed by atoms with E-state index in [4.69, 9.17) is 4.74 Å². The van der Waals surface area contributed by atoms with Crippen LogP contribution in [-0.2, 0) is 6.54 Å². The molecule has 1 amide bonds. The number of hydrogen-bond acceptors (Lipinski definition) is 4. The summed E-state index contributed by atoms with van der Waals surface area (Å²) in [6.45, 7) is 8.30. The fraction of sp³-hybridized carbons (Fsp3) is 0.438. The molecule has 0 aliphatic rings. The average Bonchev–Trinajstić information content (AvgIpc) is 2.95. The van der Waals surface area contributed by atoms with Crippen LogP contribution in [0.5, 0.6) is 5.88 Å². The average molecular weight is 302 g/mol. The molecule has 2 rings (SSSR count). The summed E-state index contributed by atoms with van der Waals surface area (Å²) >= 11 is 0. The van der Waals surface area contributed by atoms with Gasteiger partial charge in [0.2, 0.25) is 5.88 Å². The maximum atomic E-state index is 12.2. The Morgan fingerprint density at radius 3 is 2.73 bits per heavy atom. The first-order valence-electron chi connectivity index (χ1n) is 7.25. The second-order valence-corrected chi connectivity index (χ2v) is 5.55. The standard InChI is InChI=1S/C16H22N4O2/c1-10(2)20-9-13(7-18-20)15(21)17-8-14-11(3)6-12(4)19-16(14)22-5/h6-7,9-10H,8H2,1-5H3,(H,17,21). The number of pyridine rings is 1. The van der Waals surface area contributed by atoms with Crippen molar-refractivity contribution in [1.82, 2.24) is 20.1 Å². The van der Waals surface area contributed by atoms with Crippen molar-refractivity contribution in [2.75, 3.05) is 7.11 Å². The van der Waals surface area contributed by atoms with E-state index in [1.807, 2.05) is 33.8 Å². The van der Waals surface area contributed by atoms with Crippen molar-refractivity contribution in [3.05, 3.63) is 40.8 Å². The van der Waals surface area contributed by atoms with E-state index in [0.717, 1.165) is 16.8 Å². The van der Waals surface area contributed by atoms with Crippen LogP contribution in [0.1, 0.15) is 47.1 Å². The third-order valence-corrected chi connectivity index (χ3v) is 3.45. The molecule has 2 aromatic heterocycles. The lowest BCUT2D eigenvalue weighted by Gasteiger charge is -2.12. The Balaban J connectivity index is 2.11. The van der Waals surface area contributed by atoms with Gasteiger partial charge in [0, 0.05) is 30.0 Å². The summed E-state index contributed by atoms with van der Waals surface area (Å²) in [4.78, 5) is 16.5. The molecule has 118 valence electrons. The molecule has 0 bridgehead atoms. The molecule has 2 aromatic rings. The quantitative estimate of drug-likeness (QED) is 0.921. The van der Waals surface area contributed by atoms with Gasteiger partial charge >= 0.3 is 0 Å². The normalized spacial score (nSPS) is 10.8. The number of ether oxygens (including phenoxy) is 1.